The molecule has 8 heteroatoms. The summed E-state index contributed by atoms with van der Waals surface area (Å²) in [5.74, 6) is -1.62. The SMILES string of the molecule is CC/C=C/C/C=C/C/C=C/CC(=O)OCC(COCCC(C(=O)O)[N+](C)(C)C)OC(=O)CCCCCCCCC/C=C/CCCCCCCCCCCCCC. The lowest BCUT2D eigenvalue weighted by molar-refractivity contribution is -0.887. The highest BCUT2D eigenvalue weighted by atomic mass is 16.6. The topological polar surface area (TPSA) is 99.1 Å². The van der Waals surface area contributed by atoms with Gasteiger partial charge in [-0.05, 0) is 51.4 Å². The molecule has 56 heavy (non-hydrogen) atoms. The van der Waals surface area contributed by atoms with Gasteiger partial charge in [-0.1, -0.05) is 165 Å². The molecule has 0 heterocycles. The second-order valence-electron chi connectivity index (χ2n) is 16.3. The van der Waals surface area contributed by atoms with Crippen LogP contribution in [0, 0.1) is 0 Å². The molecule has 0 saturated heterocycles. The summed E-state index contributed by atoms with van der Waals surface area (Å²) < 4.78 is 17.1. The van der Waals surface area contributed by atoms with E-state index >= 15 is 0 Å². The van der Waals surface area contributed by atoms with E-state index < -0.39 is 24.1 Å². The van der Waals surface area contributed by atoms with Crippen molar-refractivity contribution in [3.63, 3.8) is 0 Å². The molecule has 2 atom stereocenters. The van der Waals surface area contributed by atoms with Gasteiger partial charge in [0, 0.05) is 12.8 Å². The summed E-state index contributed by atoms with van der Waals surface area (Å²) in [7, 11) is 5.50. The minimum absolute atomic E-state index is 0.0319. The normalized spacial score (nSPS) is 13.4. The summed E-state index contributed by atoms with van der Waals surface area (Å²) >= 11 is 0. The third-order valence-corrected chi connectivity index (χ3v) is 10.00. The van der Waals surface area contributed by atoms with Gasteiger partial charge in [0.05, 0.1) is 40.8 Å². The molecule has 0 aromatic carbocycles. The van der Waals surface area contributed by atoms with Gasteiger partial charge in [-0.15, -0.1) is 0 Å². The molecule has 1 N–H and O–H groups in total. The van der Waals surface area contributed by atoms with E-state index in [1.165, 1.54) is 116 Å². The number of hydrogen-bond donors (Lipinski definition) is 1. The summed E-state index contributed by atoms with van der Waals surface area (Å²) in [6.07, 6.45) is 46.4. The standard InChI is InChI=1S/C48H85NO7/c1-6-8-10-12-14-16-17-18-19-20-21-22-23-24-25-26-27-28-29-31-33-35-37-39-47(51)56-44(42-54-41-40-45(48(52)53)49(3,4)5)43-55-46(50)38-36-34-32-30-15-13-11-9-7-2/h9,11,15,24-25,30,34,36,44-45H,6-8,10,12-14,16-23,26-29,31-33,35,37-43H2,1-5H3/p+1/b11-9+,25-24+,30-15+,36-34+. The largest absolute Gasteiger partial charge is 0.477 e. The van der Waals surface area contributed by atoms with Gasteiger partial charge in [-0.3, -0.25) is 9.59 Å². The number of ether oxygens (including phenoxy) is 3. The monoisotopic (exact) mass is 789 g/mol. The maximum Gasteiger partial charge on any atom is 0.362 e. The van der Waals surface area contributed by atoms with Crippen LogP contribution in [0.3, 0.4) is 0 Å². The van der Waals surface area contributed by atoms with Gasteiger partial charge in [0.25, 0.3) is 0 Å². The van der Waals surface area contributed by atoms with E-state index in [2.05, 4.69) is 50.3 Å². The molecule has 0 aliphatic heterocycles. The fourth-order valence-electron chi connectivity index (χ4n) is 6.50. The fourth-order valence-corrected chi connectivity index (χ4v) is 6.50. The summed E-state index contributed by atoms with van der Waals surface area (Å²) in [4.78, 5) is 36.8. The highest BCUT2D eigenvalue weighted by molar-refractivity contribution is 5.72. The third kappa shape index (κ3) is 36.9. The zero-order chi connectivity index (χ0) is 41.4. The first-order valence-electron chi connectivity index (χ1n) is 22.7. The van der Waals surface area contributed by atoms with Gasteiger partial charge < -0.3 is 23.8 Å². The van der Waals surface area contributed by atoms with Crippen molar-refractivity contribution < 1.29 is 38.2 Å². The van der Waals surface area contributed by atoms with E-state index in [1.54, 1.807) is 6.08 Å². The molecule has 0 aromatic heterocycles. The van der Waals surface area contributed by atoms with E-state index in [0.717, 1.165) is 38.5 Å². The molecule has 0 amide bonds. The Labute approximate surface area is 344 Å². The second kappa shape index (κ2) is 39.1. The maximum atomic E-state index is 12.7. The molecule has 0 rings (SSSR count). The van der Waals surface area contributed by atoms with Crippen LogP contribution in [0.15, 0.2) is 48.6 Å². The van der Waals surface area contributed by atoms with Gasteiger partial charge in [0.1, 0.15) is 6.61 Å². The van der Waals surface area contributed by atoms with E-state index in [-0.39, 0.29) is 36.7 Å². The second-order valence-corrected chi connectivity index (χ2v) is 16.3. The number of rotatable bonds is 40. The van der Waals surface area contributed by atoms with Crippen LogP contribution in [0.1, 0.15) is 187 Å². The zero-order valence-electron chi connectivity index (χ0n) is 36.8. The van der Waals surface area contributed by atoms with Crippen molar-refractivity contribution >= 4 is 17.9 Å². The highest BCUT2D eigenvalue weighted by Crippen LogP contribution is 2.15. The minimum Gasteiger partial charge on any atom is -0.477 e. The molecule has 0 aromatic rings. The summed E-state index contributed by atoms with van der Waals surface area (Å²) in [5.41, 5.74) is 0. The Morgan fingerprint density at radius 3 is 1.55 bits per heavy atom. The lowest BCUT2D eigenvalue weighted by atomic mass is 10.0. The number of unbranched alkanes of at least 4 members (excludes halogenated alkanes) is 19. The van der Waals surface area contributed by atoms with Crippen LogP contribution in [-0.4, -0.2) is 80.6 Å². The Bertz CT molecular complexity index is 1060. The number of carboxylic acids is 1. The molecule has 0 aliphatic rings. The average Bonchev–Trinajstić information content (AvgIpc) is 3.15. The molecular weight excluding hydrogens is 703 g/mol. The van der Waals surface area contributed by atoms with Crippen LogP contribution < -0.4 is 0 Å². The smallest absolute Gasteiger partial charge is 0.362 e. The number of carbonyl (C=O) groups is 3. The Morgan fingerprint density at radius 1 is 0.571 bits per heavy atom. The van der Waals surface area contributed by atoms with E-state index in [0.29, 0.717) is 12.8 Å². The van der Waals surface area contributed by atoms with Crippen molar-refractivity contribution in [3.8, 4) is 0 Å². The summed E-state index contributed by atoms with van der Waals surface area (Å²) in [6, 6.07) is -0.626. The number of esters is 2. The van der Waals surface area contributed by atoms with Crippen molar-refractivity contribution in [1.29, 1.82) is 0 Å². The van der Waals surface area contributed by atoms with Gasteiger partial charge in [0.15, 0.2) is 12.1 Å². The first-order chi connectivity index (χ1) is 27.1. The van der Waals surface area contributed by atoms with Crippen LogP contribution in [0.5, 0.6) is 0 Å². The van der Waals surface area contributed by atoms with Gasteiger partial charge >= 0.3 is 17.9 Å². The number of likely N-dealkylation sites (N-methyl/N-ethyl adjacent to an activating group) is 1. The van der Waals surface area contributed by atoms with Crippen molar-refractivity contribution in [2.75, 3.05) is 41.0 Å². The van der Waals surface area contributed by atoms with Gasteiger partial charge in [0.2, 0.25) is 0 Å². The molecule has 8 nitrogen and oxygen atoms in total. The summed E-state index contributed by atoms with van der Waals surface area (Å²) in [6.45, 7) is 4.51. The van der Waals surface area contributed by atoms with Crippen molar-refractivity contribution in [2.24, 2.45) is 0 Å². The molecular formula is C48H86NO7+. The quantitative estimate of drug-likeness (QED) is 0.0286. The third-order valence-electron chi connectivity index (χ3n) is 10.00. The Morgan fingerprint density at radius 2 is 1.05 bits per heavy atom. The Hall–Kier alpha value is -2.71. The average molecular weight is 789 g/mol. The molecule has 0 aliphatic carbocycles. The number of allylic oxidation sites excluding steroid dienone is 7. The zero-order valence-corrected chi connectivity index (χ0v) is 36.8. The van der Waals surface area contributed by atoms with Crippen LogP contribution in [0.25, 0.3) is 0 Å². The molecule has 0 fully saturated rings. The Balaban J connectivity index is 4.23. The van der Waals surface area contributed by atoms with Crippen LogP contribution >= 0.6 is 0 Å². The fraction of sp³-hybridized carbons (Fsp3) is 0.771. The lowest BCUT2D eigenvalue weighted by Gasteiger charge is -2.31. The summed E-state index contributed by atoms with van der Waals surface area (Å²) in [5, 5.41) is 9.60. The molecule has 0 bridgehead atoms. The molecule has 0 spiro atoms. The van der Waals surface area contributed by atoms with Crippen LogP contribution in [0.2, 0.25) is 0 Å². The van der Waals surface area contributed by atoms with Gasteiger partial charge in [-0.25, -0.2) is 4.79 Å². The first kappa shape index (κ1) is 53.3. The predicted molar refractivity (Wildman–Crippen MR) is 234 cm³/mol. The molecule has 2 unspecified atom stereocenters. The van der Waals surface area contributed by atoms with Gasteiger partial charge in [-0.2, -0.15) is 0 Å². The first-order valence-corrected chi connectivity index (χ1v) is 22.7. The number of carboxylic acid groups (broad SMARTS) is 1. The number of aliphatic carboxylic acids is 1. The predicted octanol–water partition coefficient (Wildman–Crippen LogP) is 12.4. The number of carbonyl (C=O) groups excluding carboxylic acids is 2. The number of hydrogen-bond acceptors (Lipinski definition) is 6. The Kier molecular flexibility index (Phi) is 37.2. The van der Waals surface area contributed by atoms with E-state index in [9.17, 15) is 19.5 Å². The minimum atomic E-state index is -0.887. The van der Waals surface area contributed by atoms with Crippen molar-refractivity contribution in [3.05, 3.63) is 48.6 Å². The molecule has 324 valence electrons. The number of nitrogens with zero attached hydrogens (tertiary/aromatic N) is 1. The maximum absolute atomic E-state index is 12.7. The molecule has 0 saturated carbocycles. The highest BCUT2D eigenvalue weighted by Gasteiger charge is 2.31. The molecule has 0 radical (unpaired) electrons. The number of quaternary nitrogens is 1. The van der Waals surface area contributed by atoms with Crippen LogP contribution in [-0.2, 0) is 28.6 Å². The van der Waals surface area contributed by atoms with E-state index in [4.69, 9.17) is 14.2 Å². The van der Waals surface area contributed by atoms with Crippen LogP contribution in [0.4, 0.5) is 0 Å². The van der Waals surface area contributed by atoms with Crippen molar-refractivity contribution in [1.82, 2.24) is 0 Å². The lowest BCUT2D eigenvalue weighted by Crippen LogP contribution is -2.50. The van der Waals surface area contributed by atoms with E-state index in [1.807, 2.05) is 27.2 Å². The van der Waals surface area contributed by atoms with Crippen molar-refractivity contribution in [2.45, 2.75) is 199 Å².